The molecule has 3 fully saturated rings. The fourth-order valence-electron chi connectivity index (χ4n) is 4.00. The van der Waals surface area contributed by atoms with Crippen LogP contribution in [0.1, 0.15) is 30.4 Å². The van der Waals surface area contributed by atoms with E-state index in [0.29, 0.717) is 17.0 Å². The molecule has 25 heavy (non-hydrogen) atoms. The number of fused-ring (bicyclic) bond motifs is 3. The van der Waals surface area contributed by atoms with E-state index in [4.69, 9.17) is 4.74 Å². The number of benzene rings is 2. The molecule has 130 valence electrons. The molecular formula is C21H23NO3. The van der Waals surface area contributed by atoms with Crippen molar-refractivity contribution in [2.45, 2.75) is 31.1 Å². The second kappa shape index (κ2) is 6.62. The summed E-state index contributed by atoms with van der Waals surface area (Å²) >= 11 is 0. The van der Waals surface area contributed by atoms with Gasteiger partial charge in [-0.3, -0.25) is 4.90 Å². The van der Waals surface area contributed by atoms with E-state index >= 15 is 0 Å². The Kier molecular flexibility index (Phi) is 4.32. The van der Waals surface area contributed by atoms with Crippen LogP contribution in [0.3, 0.4) is 0 Å². The second-order valence-corrected chi connectivity index (χ2v) is 7.02. The normalized spacial score (nSPS) is 25.6. The number of carbonyl (C=O) groups excluding carboxylic acids is 1. The first-order valence-electron chi connectivity index (χ1n) is 8.96. The molecule has 0 spiro atoms. The molecule has 0 aromatic heterocycles. The van der Waals surface area contributed by atoms with Gasteiger partial charge in [0.05, 0.1) is 0 Å². The summed E-state index contributed by atoms with van der Waals surface area (Å²) in [4.78, 5) is 15.3. The average molecular weight is 337 g/mol. The van der Waals surface area contributed by atoms with Crippen molar-refractivity contribution in [3.63, 3.8) is 0 Å². The van der Waals surface area contributed by atoms with Crippen molar-refractivity contribution in [1.29, 1.82) is 0 Å². The predicted octanol–water partition coefficient (Wildman–Crippen LogP) is 2.91. The van der Waals surface area contributed by atoms with Crippen molar-refractivity contribution in [1.82, 2.24) is 4.90 Å². The van der Waals surface area contributed by atoms with E-state index in [9.17, 15) is 9.90 Å². The summed E-state index contributed by atoms with van der Waals surface area (Å²) in [6.45, 7) is 1.94. The Morgan fingerprint density at radius 2 is 1.48 bits per heavy atom. The molecule has 0 saturated carbocycles. The minimum Gasteiger partial charge on any atom is -0.444 e. The van der Waals surface area contributed by atoms with Gasteiger partial charge in [-0.25, -0.2) is 4.79 Å². The Morgan fingerprint density at radius 1 is 0.960 bits per heavy atom. The average Bonchev–Trinajstić information content (AvgIpc) is 2.69. The maximum Gasteiger partial charge on any atom is 0.349 e. The lowest BCUT2D eigenvalue weighted by atomic mass is 9.85. The largest absolute Gasteiger partial charge is 0.444 e. The van der Waals surface area contributed by atoms with Gasteiger partial charge in [-0.1, -0.05) is 60.7 Å². The molecule has 2 aromatic carbocycles. The van der Waals surface area contributed by atoms with E-state index in [2.05, 4.69) is 4.90 Å². The van der Waals surface area contributed by atoms with Crippen molar-refractivity contribution in [3.8, 4) is 0 Å². The van der Waals surface area contributed by atoms with Crippen LogP contribution >= 0.6 is 0 Å². The quantitative estimate of drug-likeness (QED) is 0.872. The van der Waals surface area contributed by atoms with Crippen molar-refractivity contribution in [3.05, 3.63) is 71.8 Å². The number of hydrogen-bond acceptors (Lipinski definition) is 4. The monoisotopic (exact) mass is 337 g/mol. The molecule has 4 nitrogen and oxygen atoms in total. The fraction of sp³-hybridized carbons (Fsp3) is 0.381. The number of aliphatic hydroxyl groups is 1. The Hall–Kier alpha value is -2.17. The predicted molar refractivity (Wildman–Crippen MR) is 94.7 cm³/mol. The van der Waals surface area contributed by atoms with Crippen LogP contribution in [-0.2, 0) is 15.1 Å². The number of esters is 1. The summed E-state index contributed by atoms with van der Waals surface area (Å²) in [5, 5.41) is 11.4. The van der Waals surface area contributed by atoms with Gasteiger partial charge in [0.2, 0.25) is 5.60 Å². The third-order valence-corrected chi connectivity index (χ3v) is 5.51. The molecule has 3 heterocycles. The molecule has 3 saturated heterocycles. The highest BCUT2D eigenvalue weighted by atomic mass is 16.6. The van der Waals surface area contributed by atoms with Crippen LogP contribution in [0.2, 0.25) is 0 Å². The molecule has 2 aromatic rings. The summed E-state index contributed by atoms with van der Waals surface area (Å²) in [7, 11) is 0. The molecule has 0 radical (unpaired) electrons. The molecular weight excluding hydrogens is 314 g/mol. The molecule has 3 aliphatic heterocycles. The van der Waals surface area contributed by atoms with Gasteiger partial charge in [0, 0.05) is 19.5 Å². The molecule has 0 aliphatic carbocycles. The standard InChI is InChI=1S/C21H23NO3/c23-20(25-19-15-16-11-13-22(19)14-12-16)21(24,17-7-3-1-4-8-17)18-9-5-2-6-10-18/h1-10,16,19,24H,11-15H2. The molecule has 1 unspecified atom stereocenters. The van der Waals surface area contributed by atoms with Gasteiger partial charge in [0.1, 0.15) is 0 Å². The van der Waals surface area contributed by atoms with Crippen LogP contribution in [0.25, 0.3) is 0 Å². The molecule has 1 atom stereocenters. The van der Waals surface area contributed by atoms with Crippen molar-refractivity contribution in [2.24, 2.45) is 5.92 Å². The van der Waals surface area contributed by atoms with Gasteiger partial charge in [0.15, 0.2) is 6.23 Å². The van der Waals surface area contributed by atoms with Crippen LogP contribution in [0.5, 0.6) is 0 Å². The zero-order valence-electron chi connectivity index (χ0n) is 14.2. The summed E-state index contributed by atoms with van der Waals surface area (Å²) < 4.78 is 5.84. The van der Waals surface area contributed by atoms with Crippen molar-refractivity contribution >= 4 is 5.97 Å². The Balaban J connectivity index is 1.65. The summed E-state index contributed by atoms with van der Waals surface area (Å²) in [6.07, 6.45) is 3.00. The van der Waals surface area contributed by atoms with Crippen molar-refractivity contribution in [2.75, 3.05) is 13.1 Å². The summed E-state index contributed by atoms with van der Waals surface area (Å²) in [5.74, 6) is 0.0341. The number of hydrogen-bond donors (Lipinski definition) is 1. The Morgan fingerprint density at radius 3 is 1.92 bits per heavy atom. The Labute approximate surface area is 148 Å². The van der Waals surface area contributed by atoms with Gasteiger partial charge < -0.3 is 9.84 Å². The molecule has 1 N–H and O–H groups in total. The van der Waals surface area contributed by atoms with Gasteiger partial charge in [-0.15, -0.1) is 0 Å². The van der Waals surface area contributed by atoms with E-state index in [-0.39, 0.29) is 6.23 Å². The van der Waals surface area contributed by atoms with Gasteiger partial charge in [-0.05, 0) is 29.9 Å². The van der Waals surface area contributed by atoms with Gasteiger partial charge >= 0.3 is 5.97 Å². The first-order valence-corrected chi connectivity index (χ1v) is 8.96. The van der Waals surface area contributed by atoms with Crippen LogP contribution in [-0.4, -0.2) is 35.3 Å². The second-order valence-electron chi connectivity index (χ2n) is 7.02. The van der Waals surface area contributed by atoms with E-state index < -0.39 is 11.6 Å². The third kappa shape index (κ3) is 2.96. The molecule has 5 rings (SSSR count). The van der Waals surface area contributed by atoms with Gasteiger partial charge in [0.25, 0.3) is 0 Å². The number of ether oxygens (including phenoxy) is 1. The first kappa shape index (κ1) is 16.3. The maximum absolute atomic E-state index is 13.1. The lowest BCUT2D eigenvalue weighted by Gasteiger charge is -2.45. The van der Waals surface area contributed by atoms with Crippen molar-refractivity contribution < 1.29 is 14.6 Å². The van der Waals surface area contributed by atoms with Gasteiger partial charge in [-0.2, -0.15) is 0 Å². The summed E-state index contributed by atoms with van der Waals surface area (Å²) in [6, 6.07) is 18.1. The fourth-order valence-corrected chi connectivity index (χ4v) is 4.00. The maximum atomic E-state index is 13.1. The minimum absolute atomic E-state index is 0.223. The zero-order chi connectivity index (χ0) is 17.3. The lowest BCUT2D eigenvalue weighted by molar-refractivity contribution is -0.187. The number of rotatable bonds is 4. The molecule has 4 heteroatoms. The third-order valence-electron chi connectivity index (χ3n) is 5.51. The number of piperidine rings is 3. The number of nitrogens with zero attached hydrogens (tertiary/aromatic N) is 1. The van der Waals surface area contributed by atoms with E-state index in [0.717, 1.165) is 19.5 Å². The van der Waals surface area contributed by atoms with Crippen LogP contribution in [0.15, 0.2) is 60.7 Å². The van der Waals surface area contributed by atoms with E-state index in [1.807, 2.05) is 36.4 Å². The molecule has 0 amide bonds. The highest BCUT2D eigenvalue weighted by molar-refractivity contribution is 5.85. The molecule has 2 bridgehead atoms. The van der Waals surface area contributed by atoms with E-state index in [1.165, 1.54) is 12.8 Å². The smallest absolute Gasteiger partial charge is 0.349 e. The van der Waals surface area contributed by atoms with Crippen LogP contribution in [0, 0.1) is 5.92 Å². The SMILES string of the molecule is O=C(OC1CC2CCN1CC2)C(O)(c1ccccc1)c1ccccc1. The van der Waals surface area contributed by atoms with Crippen LogP contribution in [0.4, 0.5) is 0 Å². The highest BCUT2D eigenvalue weighted by Gasteiger charge is 2.45. The number of carbonyl (C=O) groups is 1. The first-order chi connectivity index (χ1) is 12.2. The zero-order valence-corrected chi connectivity index (χ0v) is 14.2. The summed E-state index contributed by atoms with van der Waals surface area (Å²) in [5.41, 5.74) is -0.732. The van der Waals surface area contributed by atoms with E-state index in [1.54, 1.807) is 24.3 Å². The lowest BCUT2D eigenvalue weighted by Crippen LogP contribution is -2.52. The van der Waals surface area contributed by atoms with Crippen LogP contribution < -0.4 is 0 Å². The minimum atomic E-state index is -1.79. The topological polar surface area (TPSA) is 49.8 Å². The Bertz CT molecular complexity index is 684. The molecule has 3 aliphatic rings. The highest BCUT2D eigenvalue weighted by Crippen LogP contribution is 2.36.